The molecule has 2 unspecified atom stereocenters. The average Bonchev–Trinajstić information content (AvgIpc) is 2.65. The maximum atomic E-state index is 8.97. The molecular weight excluding hydrogens is 228 g/mol. The van der Waals surface area contributed by atoms with E-state index in [2.05, 4.69) is 33.9 Å². The lowest BCUT2D eigenvalue weighted by molar-refractivity contribution is 0.162. The van der Waals surface area contributed by atoms with Gasteiger partial charge in [-0.3, -0.25) is 0 Å². The first kappa shape index (κ1) is 13.6. The zero-order valence-corrected chi connectivity index (χ0v) is 13.0. The molecule has 0 heterocycles. The Hall–Kier alpha value is 0.137. The highest BCUT2D eigenvalue weighted by molar-refractivity contribution is 6.74. The Labute approximate surface area is 107 Å². The van der Waals surface area contributed by atoms with Crippen LogP contribution in [0.15, 0.2) is 0 Å². The van der Waals surface area contributed by atoms with E-state index in [1.54, 1.807) is 0 Å². The van der Waals surface area contributed by atoms with Gasteiger partial charge in [0.2, 0.25) is 0 Å². The third kappa shape index (κ3) is 2.61. The first-order chi connectivity index (χ1) is 7.76. The highest BCUT2D eigenvalue weighted by atomic mass is 28.4. The Kier molecular flexibility index (Phi) is 3.48. The van der Waals surface area contributed by atoms with Gasteiger partial charge in [0.1, 0.15) is 0 Å². The van der Waals surface area contributed by atoms with E-state index in [9.17, 15) is 0 Å². The lowest BCUT2D eigenvalue weighted by Gasteiger charge is -2.39. The van der Waals surface area contributed by atoms with E-state index >= 15 is 0 Å². The largest absolute Gasteiger partial charge is 0.414 e. The minimum atomic E-state index is -1.57. The molecule has 3 heteroatoms. The van der Waals surface area contributed by atoms with Crippen LogP contribution in [0.4, 0.5) is 0 Å². The number of aliphatic hydroxyl groups is 1. The smallest absolute Gasteiger partial charge is 0.192 e. The minimum absolute atomic E-state index is 0.324. The van der Waals surface area contributed by atoms with Gasteiger partial charge in [0.15, 0.2) is 8.32 Å². The molecule has 2 aliphatic carbocycles. The van der Waals surface area contributed by atoms with Crippen LogP contribution in [0.5, 0.6) is 0 Å². The fraction of sp³-hybridized carbons (Fsp3) is 1.00. The summed E-state index contributed by atoms with van der Waals surface area (Å²) in [6.45, 7) is 12.0. The fourth-order valence-corrected chi connectivity index (χ4v) is 4.57. The van der Waals surface area contributed by atoms with E-state index in [-0.39, 0.29) is 0 Å². The first-order valence-corrected chi connectivity index (χ1v) is 9.96. The lowest BCUT2D eigenvalue weighted by Crippen LogP contribution is -2.43. The Morgan fingerprint density at radius 3 is 2.12 bits per heavy atom. The monoisotopic (exact) mass is 256 g/mol. The maximum Gasteiger partial charge on any atom is 0.192 e. The summed E-state index contributed by atoms with van der Waals surface area (Å²) in [6.07, 6.45) is 4.03. The second-order valence-electron chi connectivity index (χ2n) is 7.48. The van der Waals surface area contributed by atoms with E-state index in [0.29, 0.717) is 17.7 Å². The lowest BCUT2D eigenvalue weighted by atomic mass is 10.1. The predicted octanol–water partition coefficient (Wildman–Crippen LogP) is 3.42. The second-order valence-corrected chi connectivity index (χ2v) is 12.2. The third-order valence-electron chi connectivity index (χ3n) is 5.31. The Balaban J connectivity index is 1.81. The van der Waals surface area contributed by atoms with E-state index in [1.807, 2.05) is 0 Å². The van der Waals surface area contributed by atoms with Gasteiger partial charge in [-0.1, -0.05) is 20.8 Å². The Morgan fingerprint density at radius 1 is 1.18 bits per heavy atom. The standard InChI is InChI=1S/C14H28O2Si/c1-14(2,3)17(4,5)16-10-8-12-11(6-7-15)13(12)9-10/h10-13,15H,6-9H2,1-5H3. The summed E-state index contributed by atoms with van der Waals surface area (Å²) in [6, 6.07) is 0. The topological polar surface area (TPSA) is 29.5 Å². The molecule has 0 radical (unpaired) electrons. The summed E-state index contributed by atoms with van der Waals surface area (Å²) >= 11 is 0. The third-order valence-corrected chi connectivity index (χ3v) is 9.84. The summed E-state index contributed by atoms with van der Waals surface area (Å²) in [4.78, 5) is 0. The molecule has 0 aromatic heterocycles. The zero-order chi connectivity index (χ0) is 12.8. The molecular formula is C14H28O2Si. The van der Waals surface area contributed by atoms with Crippen molar-refractivity contribution < 1.29 is 9.53 Å². The van der Waals surface area contributed by atoms with Gasteiger partial charge in [0, 0.05) is 12.7 Å². The van der Waals surface area contributed by atoms with Crippen LogP contribution in [0.1, 0.15) is 40.0 Å². The van der Waals surface area contributed by atoms with Gasteiger partial charge in [-0.25, -0.2) is 0 Å². The molecule has 2 saturated carbocycles. The van der Waals surface area contributed by atoms with E-state index in [1.165, 1.54) is 12.8 Å². The van der Waals surface area contributed by atoms with Crippen LogP contribution in [0.3, 0.4) is 0 Å². The van der Waals surface area contributed by atoms with E-state index < -0.39 is 8.32 Å². The first-order valence-electron chi connectivity index (χ1n) is 7.05. The molecule has 1 N–H and O–H groups in total. The van der Waals surface area contributed by atoms with Crippen LogP contribution in [-0.4, -0.2) is 26.1 Å². The molecule has 0 aromatic rings. The van der Waals surface area contributed by atoms with Crippen molar-refractivity contribution in [1.82, 2.24) is 0 Å². The van der Waals surface area contributed by atoms with Crippen molar-refractivity contribution in [3.05, 3.63) is 0 Å². The normalized spacial score (nSPS) is 37.1. The zero-order valence-electron chi connectivity index (χ0n) is 12.0. The number of hydrogen-bond donors (Lipinski definition) is 1. The molecule has 2 aliphatic rings. The van der Waals surface area contributed by atoms with Crippen molar-refractivity contribution in [3.63, 3.8) is 0 Å². The summed E-state index contributed by atoms with van der Waals surface area (Å²) in [7, 11) is -1.57. The molecule has 2 fully saturated rings. The van der Waals surface area contributed by atoms with Gasteiger partial charge < -0.3 is 9.53 Å². The number of fused-ring (bicyclic) bond motifs is 1. The molecule has 0 aromatic carbocycles. The summed E-state index contributed by atoms with van der Waals surface area (Å²) < 4.78 is 6.47. The molecule has 0 aliphatic heterocycles. The Morgan fingerprint density at radius 2 is 1.71 bits per heavy atom. The van der Waals surface area contributed by atoms with Crippen molar-refractivity contribution in [2.45, 2.75) is 64.3 Å². The quantitative estimate of drug-likeness (QED) is 0.781. The highest BCUT2D eigenvalue weighted by Crippen LogP contribution is 2.60. The van der Waals surface area contributed by atoms with Gasteiger partial charge in [-0.05, 0) is 55.1 Å². The highest BCUT2D eigenvalue weighted by Gasteiger charge is 2.56. The molecule has 100 valence electrons. The van der Waals surface area contributed by atoms with Crippen molar-refractivity contribution in [3.8, 4) is 0 Å². The number of hydrogen-bond acceptors (Lipinski definition) is 2. The van der Waals surface area contributed by atoms with Crippen LogP contribution >= 0.6 is 0 Å². The molecule has 2 nitrogen and oxygen atoms in total. The van der Waals surface area contributed by atoms with Gasteiger partial charge in [-0.15, -0.1) is 0 Å². The Bertz CT molecular complexity index is 270. The SMILES string of the molecule is CC(C)(C)[Si](C)(C)OC1CC2C(CCO)C2C1. The van der Waals surface area contributed by atoms with Crippen LogP contribution < -0.4 is 0 Å². The second kappa shape index (κ2) is 4.36. The van der Waals surface area contributed by atoms with Crippen LogP contribution in [0.2, 0.25) is 18.1 Å². The van der Waals surface area contributed by atoms with Crippen LogP contribution in [0, 0.1) is 17.8 Å². The minimum Gasteiger partial charge on any atom is -0.414 e. The fourth-order valence-electron chi connectivity index (χ4n) is 3.19. The number of aliphatic hydroxyl groups excluding tert-OH is 1. The molecule has 17 heavy (non-hydrogen) atoms. The molecule has 0 bridgehead atoms. The number of rotatable bonds is 4. The molecule has 2 rings (SSSR count). The van der Waals surface area contributed by atoms with Crippen LogP contribution in [-0.2, 0) is 4.43 Å². The van der Waals surface area contributed by atoms with Crippen molar-refractivity contribution >= 4 is 8.32 Å². The summed E-state index contributed by atoms with van der Waals surface area (Å²) in [5.41, 5.74) is 0. The predicted molar refractivity (Wildman–Crippen MR) is 73.5 cm³/mol. The van der Waals surface area contributed by atoms with Gasteiger partial charge in [-0.2, -0.15) is 0 Å². The van der Waals surface area contributed by atoms with Crippen molar-refractivity contribution in [2.24, 2.45) is 17.8 Å². The van der Waals surface area contributed by atoms with Gasteiger partial charge >= 0.3 is 0 Å². The molecule has 0 saturated heterocycles. The van der Waals surface area contributed by atoms with E-state index in [4.69, 9.17) is 9.53 Å². The maximum absolute atomic E-state index is 8.97. The van der Waals surface area contributed by atoms with Gasteiger partial charge in [0.25, 0.3) is 0 Å². The molecule has 2 atom stereocenters. The van der Waals surface area contributed by atoms with Crippen molar-refractivity contribution in [2.75, 3.05) is 6.61 Å². The average molecular weight is 256 g/mol. The van der Waals surface area contributed by atoms with Crippen molar-refractivity contribution in [1.29, 1.82) is 0 Å². The summed E-state index contributed by atoms with van der Waals surface area (Å²) in [5, 5.41) is 9.29. The van der Waals surface area contributed by atoms with Gasteiger partial charge in [0.05, 0.1) is 0 Å². The van der Waals surface area contributed by atoms with Crippen LogP contribution in [0.25, 0.3) is 0 Å². The van der Waals surface area contributed by atoms with E-state index in [0.717, 1.165) is 24.2 Å². The molecule has 0 spiro atoms. The summed E-state index contributed by atoms with van der Waals surface area (Å²) in [5.74, 6) is 2.56. The molecule has 0 amide bonds.